The topological polar surface area (TPSA) is 58.7 Å². The largest absolute Gasteiger partial charge is 0.436 e. The lowest BCUT2D eigenvalue weighted by molar-refractivity contribution is 0.116. The zero-order valence-corrected chi connectivity index (χ0v) is 22.3. The molecule has 0 saturated carbocycles. The zero-order valence-electron chi connectivity index (χ0n) is 18.3. The fourth-order valence-electron chi connectivity index (χ4n) is 3.30. The van der Waals surface area contributed by atoms with Gasteiger partial charge in [0.25, 0.3) is 0 Å². The van der Waals surface area contributed by atoms with E-state index in [1.54, 1.807) is 0 Å². The van der Waals surface area contributed by atoms with Crippen LogP contribution in [0.25, 0.3) is 0 Å². The Bertz CT molecular complexity index is 427. The van der Waals surface area contributed by atoms with E-state index in [1.165, 1.54) is 0 Å². The molecule has 1 unspecified atom stereocenters. The SMILES string of the molecule is CCO[Si](C)(C)O[Si](C)(C)O[Si](C)(C)O[Si](C)(C)CCCOCC1CO1. The highest BCUT2D eigenvalue weighted by atomic mass is 28.5. The summed E-state index contributed by atoms with van der Waals surface area (Å²) in [4.78, 5) is 0. The lowest BCUT2D eigenvalue weighted by Crippen LogP contribution is -2.57. The Morgan fingerprint density at radius 3 is 1.92 bits per heavy atom. The molecule has 1 fully saturated rings. The van der Waals surface area contributed by atoms with E-state index in [-0.39, 0.29) is 0 Å². The van der Waals surface area contributed by atoms with Crippen molar-refractivity contribution in [1.29, 1.82) is 0 Å². The number of hydrogen-bond donors (Lipinski definition) is 0. The highest BCUT2D eigenvalue weighted by molar-refractivity contribution is 6.88. The van der Waals surface area contributed by atoms with Gasteiger partial charge >= 0.3 is 25.7 Å². The number of hydrogen-bond acceptors (Lipinski definition) is 6. The Morgan fingerprint density at radius 2 is 1.38 bits per heavy atom. The molecule has 0 aliphatic carbocycles. The molecule has 0 aromatic rings. The van der Waals surface area contributed by atoms with Crippen LogP contribution in [0.3, 0.4) is 0 Å². The van der Waals surface area contributed by atoms with E-state index < -0.39 is 34.0 Å². The fraction of sp³-hybridized carbons (Fsp3) is 1.00. The minimum absolute atomic E-state index is 0.341. The van der Waals surface area contributed by atoms with E-state index in [2.05, 4.69) is 52.4 Å². The van der Waals surface area contributed by atoms with Crippen LogP contribution in [0.1, 0.15) is 13.3 Å². The van der Waals surface area contributed by atoms with E-state index in [9.17, 15) is 0 Å². The standard InChI is InChI=1S/C16H40O6Si4/c1-10-19-24(4,5)21-26(8,9)22-25(6,7)20-23(2,3)13-11-12-17-14-16-15-18-16/h16H,10-15H2,1-9H3. The van der Waals surface area contributed by atoms with Gasteiger partial charge in [0.05, 0.1) is 13.2 Å². The van der Waals surface area contributed by atoms with Crippen LogP contribution in [0.15, 0.2) is 0 Å². The molecular weight excluding hydrogens is 401 g/mol. The summed E-state index contributed by atoms with van der Waals surface area (Å²) in [5.41, 5.74) is 0. The number of epoxide rings is 1. The molecule has 0 amide bonds. The summed E-state index contributed by atoms with van der Waals surface area (Å²) in [6.07, 6.45) is 1.37. The first-order valence-corrected chi connectivity index (χ1v) is 21.3. The molecule has 1 aliphatic heterocycles. The molecule has 26 heavy (non-hydrogen) atoms. The predicted molar refractivity (Wildman–Crippen MR) is 115 cm³/mol. The van der Waals surface area contributed by atoms with Gasteiger partial charge in [0, 0.05) is 13.2 Å². The molecule has 156 valence electrons. The van der Waals surface area contributed by atoms with Gasteiger partial charge in [-0.25, -0.2) is 0 Å². The van der Waals surface area contributed by atoms with Crippen molar-refractivity contribution in [3.63, 3.8) is 0 Å². The molecule has 1 saturated heterocycles. The molecule has 1 heterocycles. The maximum atomic E-state index is 6.58. The minimum Gasteiger partial charge on any atom is -0.436 e. The molecule has 0 radical (unpaired) electrons. The molecule has 10 heteroatoms. The second-order valence-electron chi connectivity index (χ2n) is 8.83. The monoisotopic (exact) mass is 440 g/mol. The summed E-state index contributed by atoms with van der Waals surface area (Å²) in [7, 11) is -8.52. The van der Waals surface area contributed by atoms with E-state index >= 15 is 0 Å². The minimum atomic E-state index is -2.30. The summed E-state index contributed by atoms with van der Waals surface area (Å²) in [6.45, 7) is 22.2. The van der Waals surface area contributed by atoms with Gasteiger partial charge in [-0.05, 0) is 71.8 Å². The molecule has 1 aliphatic rings. The third-order valence-electron chi connectivity index (χ3n) is 3.77. The Kier molecular flexibility index (Phi) is 9.39. The number of rotatable bonds is 14. The second kappa shape index (κ2) is 9.90. The van der Waals surface area contributed by atoms with Gasteiger partial charge in [0.2, 0.25) is 0 Å². The van der Waals surface area contributed by atoms with Gasteiger partial charge in [-0.2, -0.15) is 0 Å². The lowest BCUT2D eigenvalue weighted by Gasteiger charge is -2.40. The smallest absolute Gasteiger partial charge is 0.322 e. The lowest BCUT2D eigenvalue weighted by atomic mass is 10.5. The van der Waals surface area contributed by atoms with E-state index in [4.69, 9.17) is 26.2 Å². The van der Waals surface area contributed by atoms with Gasteiger partial charge in [-0.1, -0.05) is 0 Å². The molecule has 0 spiro atoms. The third-order valence-corrected chi connectivity index (χ3v) is 18.4. The predicted octanol–water partition coefficient (Wildman–Crippen LogP) is 4.19. The molecule has 0 N–H and O–H groups in total. The van der Waals surface area contributed by atoms with Crippen LogP contribution < -0.4 is 0 Å². The van der Waals surface area contributed by atoms with Crippen molar-refractivity contribution in [3.8, 4) is 0 Å². The first-order chi connectivity index (χ1) is 11.8. The highest BCUT2D eigenvalue weighted by Gasteiger charge is 2.43. The van der Waals surface area contributed by atoms with E-state index in [1.807, 2.05) is 6.92 Å². The molecule has 0 bridgehead atoms. The summed E-state index contributed by atoms with van der Waals surface area (Å²) >= 11 is 0. The Hall–Kier alpha value is 0.628. The van der Waals surface area contributed by atoms with Gasteiger partial charge in [-0.3, -0.25) is 0 Å². The van der Waals surface area contributed by atoms with Crippen LogP contribution in [0.5, 0.6) is 0 Å². The summed E-state index contributed by atoms with van der Waals surface area (Å²) in [6, 6.07) is 1.07. The molecule has 6 nitrogen and oxygen atoms in total. The maximum absolute atomic E-state index is 6.58. The third kappa shape index (κ3) is 11.5. The average molecular weight is 441 g/mol. The van der Waals surface area contributed by atoms with Crippen LogP contribution in [0.4, 0.5) is 0 Å². The summed E-state index contributed by atoms with van der Waals surface area (Å²) < 4.78 is 36.0. The van der Waals surface area contributed by atoms with Crippen LogP contribution in [-0.2, 0) is 26.2 Å². The molecule has 1 rings (SSSR count). The molecule has 0 aromatic heterocycles. The normalized spacial score (nSPS) is 19.0. The fourth-order valence-corrected chi connectivity index (χ4v) is 21.5. The molecule has 0 aromatic carbocycles. The van der Waals surface area contributed by atoms with Gasteiger partial charge in [0.1, 0.15) is 6.10 Å². The van der Waals surface area contributed by atoms with Crippen LogP contribution in [-0.4, -0.2) is 66.5 Å². The van der Waals surface area contributed by atoms with Crippen LogP contribution >= 0.6 is 0 Å². The van der Waals surface area contributed by atoms with Crippen molar-refractivity contribution < 1.29 is 26.2 Å². The summed E-state index contributed by atoms with van der Waals surface area (Å²) in [5.74, 6) is 0. The first kappa shape index (κ1) is 24.7. The number of ether oxygens (including phenoxy) is 2. The van der Waals surface area contributed by atoms with Crippen molar-refractivity contribution in [2.45, 2.75) is 77.9 Å². The zero-order chi connectivity index (χ0) is 20.1. The summed E-state index contributed by atoms with van der Waals surface area (Å²) in [5, 5.41) is 0. The van der Waals surface area contributed by atoms with Gasteiger partial charge < -0.3 is 26.2 Å². The van der Waals surface area contributed by atoms with Gasteiger partial charge in [-0.15, -0.1) is 0 Å². The Labute approximate surface area is 164 Å². The van der Waals surface area contributed by atoms with Crippen molar-refractivity contribution in [2.24, 2.45) is 0 Å². The second-order valence-corrected chi connectivity index (χ2v) is 24.0. The molecular formula is C16H40O6Si4. The van der Waals surface area contributed by atoms with E-state index in [0.717, 1.165) is 32.3 Å². The Morgan fingerprint density at radius 1 is 0.846 bits per heavy atom. The van der Waals surface area contributed by atoms with Gasteiger partial charge in [0.15, 0.2) is 8.32 Å². The average Bonchev–Trinajstić information content (AvgIpc) is 3.17. The van der Waals surface area contributed by atoms with Crippen LogP contribution in [0.2, 0.25) is 58.4 Å². The van der Waals surface area contributed by atoms with Crippen molar-refractivity contribution in [3.05, 3.63) is 0 Å². The maximum Gasteiger partial charge on any atom is 0.322 e. The first-order valence-electron chi connectivity index (χ1n) is 9.70. The van der Waals surface area contributed by atoms with Crippen molar-refractivity contribution >= 4 is 34.0 Å². The van der Waals surface area contributed by atoms with E-state index in [0.29, 0.717) is 12.7 Å². The van der Waals surface area contributed by atoms with Crippen LogP contribution in [0, 0.1) is 0 Å². The Balaban J connectivity index is 2.42. The van der Waals surface area contributed by atoms with Crippen molar-refractivity contribution in [1.82, 2.24) is 0 Å². The quantitative estimate of drug-likeness (QED) is 0.229. The highest BCUT2D eigenvalue weighted by Crippen LogP contribution is 2.26. The van der Waals surface area contributed by atoms with Crippen molar-refractivity contribution in [2.75, 3.05) is 26.4 Å². The molecule has 1 atom stereocenters.